The zero-order valence-corrected chi connectivity index (χ0v) is 17.9. The van der Waals surface area contributed by atoms with Crippen molar-refractivity contribution >= 4 is 28.4 Å². The topological polar surface area (TPSA) is 98.9 Å². The second kappa shape index (κ2) is 9.36. The molecule has 0 amide bonds. The van der Waals surface area contributed by atoms with Crippen molar-refractivity contribution in [2.45, 2.75) is 27.4 Å². The Hall–Kier alpha value is -3.46. The van der Waals surface area contributed by atoms with Crippen LogP contribution >= 0.6 is 11.3 Å². The first-order chi connectivity index (χ1) is 14.4. The Morgan fingerprint density at radius 2 is 2.07 bits per heavy atom. The molecule has 8 nitrogen and oxygen atoms in total. The zero-order valence-electron chi connectivity index (χ0n) is 17.1. The van der Waals surface area contributed by atoms with Crippen molar-refractivity contribution in [2.75, 3.05) is 12.5 Å². The highest BCUT2D eigenvalue weighted by Gasteiger charge is 2.22. The highest BCUT2D eigenvalue weighted by Crippen LogP contribution is 2.38. The maximum Gasteiger partial charge on any atom is 0.315 e. The van der Waals surface area contributed by atoms with Crippen molar-refractivity contribution in [2.24, 2.45) is 5.10 Å². The van der Waals surface area contributed by atoms with Crippen LogP contribution < -0.4 is 14.9 Å². The van der Waals surface area contributed by atoms with E-state index in [1.807, 2.05) is 45.0 Å². The van der Waals surface area contributed by atoms with Gasteiger partial charge in [0.2, 0.25) is 10.9 Å². The van der Waals surface area contributed by atoms with Gasteiger partial charge in [0.05, 0.1) is 23.9 Å². The number of ether oxygens (including phenoxy) is 2. The quantitative estimate of drug-likeness (QED) is 0.309. The molecule has 156 valence electrons. The van der Waals surface area contributed by atoms with Crippen molar-refractivity contribution in [3.63, 3.8) is 0 Å². The summed E-state index contributed by atoms with van der Waals surface area (Å²) in [4.78, 5) is 16.6. The molecule has 0 saturated heterocycles. The van der Waals surface area contributed by atoms with Gasteiger partial charge in [-0.05, 0) is 32.4 Å². The maximum atomic E-state index is 11.6. The van der Waals surface area contributed by atoms with Gasteiger partial charge >= 0.3 is 5.69 Å². The second-order valence-corrected chi connectivity index (χ2v) is 7.84. The van der Waals surface area contributed by atoms with E-state index < -0.39 is 4.92 Å². The van der Waals surface area contributed by atoms with Crippen LogP contribution in [0.3, 0.4) is 0 Å². The Bertz CT molecular complexity index is 1080. The minimum absolute atomic E-state index is 0.0836. The summed E-state index contributed by atoms with van der Waals surface area (Å²) in [5.41, 5.74) is 6.08. The third kappa shape index (κ3) is 5.12. The van der Waals surface area contributed by atoms with E-state index in [0.717, 1.165) is 21.7 Å². The number of hydrogen-bond donors (Lipinski definition) is 1. The lowest BCUT2D eigenvalue weighted by Gasteiger charge is -2.12. The molecule has 3 aromatic rings. The summed E-state index contributed by atoms with van der Waals surface area (Å²) >= 11 is 1.48. The van der Waals surface area contributed by atoms with Crippen molar-refractivity contribution in [1.82, 2.24) is 4.98 Å². The molecule has 1 heterocycles. The van der Waals surface area contributed by atoms with Gasteiger partial charge in [-0.15, -0.1) is 11.3 Å². The summed E-state index contributed by atoms with van der Waals surface area (Å²) in [6, 6.07) is 10.8. The van der Waals surface area contributed by atoms with Gasteiger partial charge in [0.1, 0.15) is 6.61 Å². The molecule has 1 N–H and O–H groups in total. The molecule has 0 atom stereocenters. The first-order valence-corrected chi connectivity index (χ1v) is 9.97. The molecule has 30 heavy (non-hydrogen) atoms. The molecule has 0 radical (unpaired) electrons. The second-order valence-electron chi connectivity index (χ2n) is 6.64. The largest absolute Gasteiger partial charge is 0.493 e. The number of nitro groups is 1. The normalized spacial score (nSPS) is 10.9. The van der Waals surface area contributed by atoms with Gasteiger partial charge in [-0.3, -0.25) is 15.5 Å². The number of nitro benzene ring substituents is 1. The van der Waals surface area contributed by atoms with E-state index >= 15 is 0 Å². The smallest absolute Gasteiger partial charge is 0.315 e. The molecule has 0 fully saturated rings. The van der Waals surface area contributed by atoms with Crippen LogP contribution in [0.2, 0.25) is 0 Å². The summed E-state index contributed by atoms with van der Waals surface area (Å²) in [6.45, 7) is 6.07. The third-order valence-electron chi connectivity index (χ3n) is 4.34. The first kappa shape index (κ1) is 21.3. The van der Waals surface area contributed by atoms with E-state index in [9.17, 15) is 10.1 Å². The van der Waals surface area contributed by atoms with Crippen LogP contribution in [-0.4, -0.2) is 23.2 Å². The lowest BCUT2D eigenvalue weighted by molar-refractivity contribution is -0.386. The summed E-state index contributed by atoms with van der Waals surface area (Å²) in [5, 5.41) is 16.4. The Balaban J connectivity index is 1.83. The van der Waals surface area contributed by atoms with Crippen molar-refractivity contribution in [1.29, 1.82) is 0 Å². The molecular formula is C21H22N4O4S. The molecular weight excluding hydrogens is 404 g/mol. The lowest BCUT2D eigenvalue weighted by atomic mass is 10.1. The van der Waals surface area contributed by atoms with Gasteiger partial charge in [-0.1, -0.05) is 29.8 Å². The third-order valence-corrected chi connectivity index (χ3v) is 5.32. The molecule has 0 spiro atoms. The van der Waals surface area contributed by atoms with Crippen LogP contribution in [-0.2, 0) is 6.61 Å². The van der Waals surface area contributed by atoms with Gasteiger partial charge in [0, 0.05) is 16.5 Å². The monoisotopic (exact) mass is 426 g/mol. The van der Waals surface area contributed by atoms with Crippen LogP contribution in [0, 0.1) is 30.9 Å². The number of hydrogen-bond acceptors (Lipinski definition) is 8. The fraction of sp³-hybridized carbons (Fsp3) is 0.238. The molecule has 0 aliphatic heterocycles. The fourth-order valence-electron chi connectivity index (χ4n) is 2.76. The van der Waals surface area contributed by atoms with Gasteiger partial charge < -0.3 is 9.47 Å². The SMILES string of the molecule is COc1cc(/C=N\Nc2nc(C)c(C)s2)cc([N+](=O)[O-])c1OCc1cccc(C)c1. The predicted molar refractivity (Wildman–Crippen MR) is 118 cm³/mol. The predicted octanol–water partition coefficient (Wildman–Crippen LogP) is 5.01. The van der Waals surface area contributed by atoms with Gasteiger partial charge in [-0.25, -0.2) is 4.98 Å². The standard InChI is InChI=1S/C21H22N4O4S/c1-13-6-5-7-16(8-13)12-29-20-18(25(26)27)9-17(10-19(20)28-4)11-22-24-21-23-14(2)15(3)30-21/h5-11H,12H2,1-4H3,(H,23,24)/b22-11-. The summed E-state index contributed by atoms with van der Waals surface area (Å²) in [6.07, 6.45) is 1.48. The van der Waals surface area contributed by atoms with E-state index in [2.05, 4.69) is 15.5 Å². The number of anilines is 1. The van der Waals surface area contributed by atoms with E-state index in [-0.39, 0.29) is 23.8 Å². The number of benzene rings is 2. The Morgan fingerprint density at radius 1 is 1.27 bits per heavy atom. The lowest BCUT2D eigenvalue weighted by Crippen LogP contribution is -2.03. The summed E-state index contributed by atoms with van der Waals surface area (Å²) < 4.78 is 11.1. The Kier molecular flexibility index (Phi) is 6.63. The first-order valence-electron chi connectivity index (χ1n) is 9.15. The van der Waals surface area contributed by atoms with Gasteiger partial charge in [0.25, 0.3) is 0 Å². The van der Waals surface area contributed by atoms with Crippen LogP contribution in [0.25, 0.3) is 0 Å². The van der Waals surface area contributed by atoms with Crippen LogP contribution in [0.15, 0.2) is 41.5 Å². The fourth-order valence-corrected chi connectivity index (χ4v) is 3.52. The molecule has 9 heteroatoms. The minimum Gasteiger partial charge on any atom is -0.493 e. The average molecular weight is 426 g/mol. The van der Waals surface area contributed by atoms with Crippen LogP contribution in [0.5, 0.6) is 11.5 Å². The molecule has 1 aromatic heterocycles. The molecule has 2 aromatic carbocycles. The highest BCUT2D eigenvalue weighted by atomic mass is 32.1. The minimum atomic E-state index is -0.494. The maximum absolute atomic E-state index is 11.6. The van der Waals surface area contributed by atoms with Crippen LogP contribution in [0.1, 0.15) is 27.3 Å². The Morgan fingerprint density at radius 3 is 2.70 bits per heavy atom. The number of aryl methyl sites for hydroxylation is 3. The highest BCUT2D eigenvalue weighted by molar-refractivity contribution is 7.15. The zero-order chi connectivity index (χ0) is 21.7. The Labute approximate surface area is 178 Å². The van der Waals surface area contributed by atoms with E-state index in [0.29, 0.717) is 10.7 Å². The number of nitrogens with one attached hydrogen (secondary N) is 1. The van der Waals surface area contributed by atoms with E-state index in [1.165, 1.54) is 30.7 Å². The molecule has 0 saturated carbocycles. The van der Waals surface area contributed by atoms with E-state index in [4.69, 9.17) is 9.47 Å². The van der Waals surface area contributed by atoms with E-state index in [1.54, 1.807) is 6.07 Å². The van der Waals surface area contributed by atoms with Gasteiger partial charge in [-0.2, -0.15) is 5.10 Å². The number of nitrogens with zero attached hydrogens (tertiary/aromatic N) is 3. The van der Waals surface area contributed by atoms with Crippen LogP contribution in [0.4, 0.5) is 10.8 Å². The van der Waals surface area contributed by atoms with Crippen molar-refractivity contribution in [3.8, 4) is 11.5 Å². The number of aromatic nitrogens is 1. The number of hydrazone groups is 1. The average Bonchev–Trinajstić information content (AvgIpc) is 3.03. The number of rotatable bonds is 8. The summed E-state index contributed by atoms with van der Waals surface area (Å²) in [7, 11) is 1.44. The molecule has 0 aliphatic carbocycles. The van der Waals surface area contributed by atoms with Crippen molar-refractivity contribution in [3.05, 3.63) is 73.8 Å². The van der Waals surface area contributed by atoms with Gasteiger partial charge in [0.15, 0.2) is 5.75 Å². The molecule has 3 rings (SSSR count). The summed E-state index contributed by atoms with van der Waals surface area (Å²) in [5.74, 6) is 0.347. The van der Waals surface area contributed by atoms with Crippen molar-refractivity contribution < 1.29 is 14.4 Å². The number of thiazole rings is 1. The molecule has 0 aliphatic rings. The molecule has 0 unspecified atom stereocenters. The molecule has 0 bridgehead atoms. The number of methoxy groups -OCH3 is 1.